The predicted molar refractivity (Wildman–Crippen MR) is 79.3 cm³/mol. The van der Waals surface area contributed by atoms with Gasteiger partial charge in [0, 0.05) is 25.2 Å². The summed E-state index contributed by atoms with van der Waals surface area (Å²) < 4.78 is 24.9. The first-order chi connectivity index (χ1) is 9.41. The van der Waals surface area contributed by atoms with Gasteiger partial charge in [0.1, 0.15) is 0 Å². The van der Waals surface area contributed by atoms with Gasteiger partial charge in [0.05, 0.1) is 11.9 Å². The van der Waals surface area contributed by atoms with Gasteiger partial charge >= 0.3 is 0 Å². The molecule has 0 atom stereocenters. The molecule has 0 aromatic heterocycles. The summed E-state index contributed by atoms with van der Waals surface area (Å²) in [5.74, 6) is -0.136. The van der Waals surface area contributed by atoms with Crippen LogP contribution in [-0.4, -0.2) is 33.7 Å². The van der Waals surface area contributed by atoms with Crippen molar-refractivity contribution in [2.45, 2.75) is 19.3 Å². The van der Waals surface area contributed by atoms with Crippen LogP contribution in [0.5, 0.6) is 0 Å². The van der Waals surface area contributed by atoms with Crippen molar-refractivity contribution in [3.8, 4) is 0 Å². The number of nitrogens with one attached hydrogen (secondary N) is 1. The van der Waals surface area contributed by atoms with E-state index in [0.29, 0.717) is 24.5 Å². The summed E-state index contributed by atoms with van der Waals surface area (Å²) in [6, 6.07) is 5.30. The number of rotatable bonds is 4. The molecule has 1 aliphatic heterocycles. The first-order valence-electron chi connectivity index (χ1n) is 6.52. The van der Waals surface area contributed by atoms with Crippen molar-refractivity contribution in [2.75, 3.05) is 29.0 Å². The Morgan fingerprint density at radius 2 is 2.20 bits per heavy atom. The summed E-state index contributed by atoms with van der Waals surface area (Å²) in [6.07, 6.45) is 3.06. The average molecular weight is 297 g/mol. The van der Waals surface area contributed by atoms with E-state index in [1.54, 1.807) is 12.1 Å². The number of nitrogens with zero attached hydrogens (tertiary/aromatic N) is 1. The molecule has 1 aromatic carbocycles. The first-order valence-corrected chi connectivity index (χ1v) is 8.37. The van der Waals surface area contributed by atoms with E-state index >= 15 is 0 Å². The van der Waals surface area contributed by atoms with Crippen LogP contribution in [0.15, 0.2) is 18.2 Å². The van der Waals surface area contributed by atoms with E-state index in [4.69, 9.17) is 5.73 Å². The maximum absolute atomic E-state index is 11.7. The number of carbonyl (C=O) groups excluding carboxylic acids is 1. The molecule has 0 fully saturated rings. The molecule has 1 heterocycles. The van der Waals surface area contributed by atoms with Gasteiger partial charge in [-0.05, 0) is 36.6 Å². The lowest BCUT2D eigenvalue weighted by atomic mass is 10.0. The largest absolute Gasteiger partial charge is 0.330 e. The second kappa shape index (κ2) is 5.80. The van der Waals surface area contributed by atoms with Gasteiger partial charge in [-0.15, -0.1) is 0 Å². The van der Waals surface area contributed by atoms with Gasteiger partial charge in [0.15, 0.2) is 0 Å². The summed E-state index contributed by atoms with van der Waals surface area (Å²) in [7, 11) is -3.25. The minimum atomic E-state index is -3.25. The fraction of sp³-hybridized carbons (Fsp3) is 0.462. The molecule has 1 amide bonds. The van der Waals surface area contributed by atoms with Gasteiger partial charge < -0.3 is 11.1 Å². The molecule has 6 nitrogen and oxygen atoms in total. The van der Waals surface area contributed by atoms with Crippen LogP contribution in [0.2, 0.25) is 0 Å². The molecule has 0 spiro atoms. The topological polar surface area (TPSA) is 92.5 Å². The highest BCUT2D eigenvalue weighted by atomic mass is 32.2. The van der Waals surface area contributed by atoms with Crippen LogP contribution in [0.25, 0.3) is 0 Å². The lowest BCUT2D eigenvalue weighted by molar-refractivity contribution is -0.116. The maximum Gasteiger partial charge on any atom is 0.232 e. The normalized spacial score (nSPS) is 14.8. The van der Waals surface area contributed by atoms with Crippen LogP contribution in [0.4, 0.5) is 11.4 Å². The van der Waals surface area contributed by atoms with Crippen LogP contribution >= 0.6 is 0 Å². The molecule has 2 rings (SSSR count). The van der Waals surface area contributed by atoms with Crippen LogP contribution in [0, 0.1) is 0 Å². The van der Waals surface area contributed by atoms with E-state index in [1.165, 1.54) is 10.6 Å². The molecule has 3 N–H and O–H groups in total. The number of nitrogens with two attached hydrogens (primary N) is 1. The van der Waals surface area contributed by atoms with E-state index < -0.39 is 10.0 Å². The Morgan fingerprint density at radius 3 is 2.85 bits per heavy atom. The number of fused-ring (bicyclic) bond motifs is 1. The second-order valence-electron chi connectivity index (χ2n) is 4.87. The number of hydrogen-bond donors (Lipinski definition) is 2. The average Bonchev–Trinajstić information content (AvgIpc) is 2.37. The first kappa shape index (κ1) is 14.8. The second-order valence-corrected chi connectivity index (χ2v) is 6.78. The lowest BCUT2D eigenvalue weighted by Gasteiger charge is -2.29. The third-order valence-corrected chi connectivity index (χ3v) is 4.39. The zero-order chi connectivity index (χ0) is 14.8. The third kappa shape index (κ3) is 3.29. The number of aryl methyl sites for hydroxylation is 1. The predicted octanol–water partition coefficient (Wildman–Crippen LogP) is 0.686. The molecule has 1 aliphatic rings. The Morgan fingerprint density at radius 1 is 1.45 bits per heavy atom. The van der Waals surface area contributed by atoms with Gasteiger partial charge in [-0.3, -0.25) is 9.10 Å². The monoisotopic (exact) mass is 297 g/mol. The van der Waals surface area contributed by atoms with E-state index in [0.717, 1.165) is 18.4 Å². The highest BCUT2D eigenvalue weighted by Gasteiger charge is 2.24. The molecule has 0 radical (unpaired) electrons. The van der Waals surface area contributed by atoms with E-state index in [9.17, 15) is 13.2 Å². The summed E-state index contributed by atoms with van der Waals surface area (Å²) in [6.45, 7) is 0.809. The fourth-order valence-corrected chi connectivity index (χ4v) is 3.34. The molecule has 1 aromatic rings. The Kier molecular flexibility index (Phi) is 4.29. The standard InChI is InChI=1S/C13H19N3O3S/c1-20(18,19)16-8-2-3-10-9-11(4-5-12(10)16)15-13(17)6-7-14/h4-5,9H,2-3,6-8,14H2,1H3,(H,15,17). The smallest absolute Gasteiger partial charge is 0.232 e. The van der Waals surface area contributed by atoms with E-state index in [1.807, 2.05) is 6.07 Å². The van der Waals surface area contributed by atoms with Gasteiger partial charge in [0.2, 0.25) is 15.9 Å². The number of anilines is 2. The summed E-state index contributed by atoms with van der Waals surface area (Å²) in [4.78, 5) is 11.5. The van der Waals surface area contributed by atoms with Gasteiger partial charge in [-0.1, -0.05) is 0 Å². The van der Waals surface area contributed by atoms with Crippen molar-refractivity contribution >= 4 is 27.3 Å². The maximum atomic E-state index is 11.7. The van der Waals surface area contributed by atoms with Crippen molar-refractivity contribution in [2.24, 2.45) is 5.73 Å². The van der Waals surface area contributed by atoms with Crippen LogP contribution in [0.1, 0.15) is 18.4 Å². The van der Waals surface area contributed by atoms with Crippen LogP contribution < -0.4 is 15.4 Å². The van der Waals surface area contributed by atoms with Crippen molar-refractivity contribution in [3.05, 3.63) is 23.8 Å². The fourth-order valence-electron chi connectivity index (χ4n) is 2.34. The molecule has 0 aliphatic carbocycles. The Balaban J connectivity index is 2.26. The quantitative estimate of drug-likeness (QED) is 0.855. The highest BCUT2D eigenvalue weighted by molar-refractivity contribution is 7.92. The SMILES string of the molecule is CS(=O)(=O)N1CCCc2cc(NC(=O)CCN)ccc21. The van der Waals surface area contributed by atoms with Gasteiger partial charge in [0.25, 0.3) is 0 Å². The summed E-state index contributed by atoms with van der Waals surface area (Å²) >= 11 is 0. The molecule has 0 saturated carbocycles. The van der Waals surface area contributed by atoms with Gasteiger partial charge in [-0.25, -0.2) is 8.42 Å². The van der Waals surface area contributed by atoms with Crippen molar-refractivity contribution in [3.63, 3.8) is 0 Å². The zero-order valence-corrected chi connectivity index (χ0v) is 12.2. The highest BCUT2D eigenvalue weighted by Crippen LogP contribution is 2.31. The Labute approximate surface area is 119 Å². The third-order valence-electron chi connectivity index (χ3n) is 3.21. The minimum Gasteiger partial charge on any atom is -0.330 e. The van der Waals surface area contributed by atoms with Crippen LogP contribution in [0.3, 0.4) is 0 Å². The molecule has 0 unspecified atom stereocenters. The summed E-state index contributed by atoms with van der Waals surface area (Å²) in [5, 5.41) is 2.76. The van der Waals surface area contributed by atoms with E-state index in [2.05, 4.69) is 5.32 Å². The molecular formula is C13H19N3O3S. The molecule has 0 bridgehead atoms. The van der Waals surface area contributed by atoms with Crippen molar-refractivity contribution in [1.29, 1.82) is 0 Å². The molecule has 7 heteroatoms. The number of amides is 1. The molecule has 20 heavy (non-hydrogen) atoms. The lowest BCUT2D eigenvalue weighted by Crippen LogP contribution is -2.34. The minimum absolute atomic E-state index is 0.136. The molecule has 110 valence electrons. The zero-order valence-electron chi connectivity index (χ0n) is 11.4. The molecular weight excluding hydrogens is 278 g/mol. The number of benzene rings is 1. The Hall–Kier alpha value is -1.60. The number of carbonyl (C=O) groups is 1. The Bertz CT molecular complexity index is 613. The van der Waals surface area contributed by atoms with Gasteiger partial charge in [-0.2, -0.15) is 0 Å². The van der Waals surface area contributed by atoms with Crippen molar-refractivity contribution in [1.82, 2.24) is 0 Å². The number of sulfonamides is 1. The van der Waals surface area contributed by atoms with Crippen molar-refractivity contribution < 1.29 is 13.2 Å². The molecule has 0 saturated heterocycles. The summed E-state index contributed by atoms with van der Waals surface area (Å²) in [5.41, 5.74) is 7.65. The van der Waals surface area contributed by atoms with E-state index in [-0.39, 0.29) is 12.3 Å². The number of hydrogen-bond acceptors (Lipinski definition) is 4. The van der Waals surface area contributed by atoms with Crippen LogP contribution in [-0.2, 0) is 21.2 Å².